The zero-order chi connectivity index (χ0) is 30.0. The summed E-state index contributed by atoms with van der Waals surface area (Å²) in [7, 11) is 0. The molecule has 4 fully saturated rings. The second-order valence-corrected chi connectivity index (χ2v) is 13.1. The van der Waals surface area contributed by atoms with Gasteiger partial charge in [0, 0.05) is 59.8 Å². The van der Waals surface area contributed by atoms with Crippen molar-refractivity contribution in [3.8, 4) is 11.5 Å². The summed E-state index contributed by atoms with van der Waals surface area (Å²) in [6.45, 7) is 0.359. The molecule has 0 spiro atoms. The molecule has 11 heteroatoms. The van der Waals surface area contributed by atoms with E-state index < -0.39 is 41.8 Å². The highest BCUT2D eigenvalue weighted by Gasteiger charge is 2.51. The normalized spacial score (nSPS) is 27.0. The van der Waals surface area contributed by atoms with Crippen molar-refractivity contribution in [3.63, 3.8) is 0 Å². The Morgan fingerprint density at radius 2 is 1.84 bits per heavy atom. The highest BCUT2D eigenvalue weighted by molar-refractivity contribution is 5.96. The van der Waals surface area contributed by atoms with Crippen molar-refractivity contribution in [3.05, 3.63) is 59.7 Å². The van der Waals surface area contributed by atoms with Gasteiger partial charge in [-0.15, -0.1) is 0 Å². The van der Waals surface area contributed by atoms with Crippen molar-refractivity contribution in [1.29, 1.82) is 0 Å². The van der Waals surface area contributed by atoms with Crippen molar-refractivity contribution in [2.24, 2.45) is 17.8 Å². The van der Waals surface area contributed by atoms with E-state index in [1.165, 1.54) is 12.3 Å². The Labute approximate surface area is 246 Å². The lowest BCUT2D eigenvalue weighted by atomic mass is 9.57. The first-order valence-electron chi connectivity index (χ1n) is 15.2. The van der Waals surface area contributed by atoms with E-state index in [0.29, 0.717) is 60.4 Å². The molecule has 2 heterocycles. The zero-order valence-electron chi connectivity index (χ0n) is 23.6. The van der Waals surface area contributed by atoms with E-state index in [1.807, 2.05) is 6.07 Å². The van der Waals surface area contributed by atoms with E-state index >= 15 is 0 Å². The molecule has 4 aliphatic rings. The predicted molar refractivity (Wildman–Crippen MR) is 147 cm³/mol. The number of amides is 1. The molecule has 3 aromatic rings. The molecule has 0 aliphatic heterocycles. The average molecular weight is 601 g/mol. The number of anilines is 1. The van der Waals surface area contributed by atoms with Crippen LogP contribution in [-0.2, 0) is 16.4 Å². The summed E-state index contributed by atoms with van der Waals surface area (Å²) in [6, 6.07) is 9.44. The molecule has 1 aromatic carbocycles. The van der Waals surface area contributed by atoms with Crippen LogP contribution in [0.5, 0.6) is 0 Å². The van der Waals surface area contributed by atoms with Gasteiger partial charge < -0.3 is 9.42 Å². The monoisotopic (exact) mass is 600 g/mol. The van der Waals surface area contributed by atoms with Crippen LogP contribution in [0.3, 0.4) is 0 Å². The molecule has 0 saturated heterocycles. The minimum atomic E-state index is -4.44. The van der Waals surface area contributed by atoms with Gasteiger partial charge in [0.2, 0.25) is 11.8 Å². The Morgan fingerprint density at radius 1 is 1.02 bits per heavy atom. The first-order chi connectivity index (χ1) is 20.5. The minimum absolute atomic E-state index is 0.0808. The Hall–Kier alpha value is -3.37. The van der Waals surface area contributed by atoms with Gasteiger partial charge in [-0.3, -0.25) is 9.78 Å². The highest BCUT2D eigenvalue weighted by atomic mass is 19.4. The molecule has 0 N–H and O–H groups in total. The standard InChI is InChI=1S/C32H33F5N4O2/c33-31(34)16-23(17-31)29(42)41(25-5-1-3-20(13-25)28-39-27(40-43-28)19-6-7-19)18-22-8-11-30(10-2-4-21(22)15-30)26-14-24(9-12-38-26)32(35,36)37/h1,3,5,9,12-14,19,21-23H,2,4,6-8,10-11,15-18H2. The number of halogens is 5. The van der Waals surface area contributed by atoms with E-state index in [4.69, 9.17) is 4.52 Å². The van der Waals surface area contributed by atoms with Crippen molar-refractivity contribution < 1.29 is 31.3 Å². The number of carbonyl (C=O) groups is 1. The van der Waals surface area contributed by atoms with Gasteiger partial charge >= 0.3 is 6.18 Å². The number of carbonyl (C=O) groups excluding carboxylic acids is 1. The van der Waals surface area contributed by atoms with Crippen molar-refractivity contribution in [2.75, 3.05) is 11.4 Å². The number of hydrogen-bond acceptors (Lipinski definition) is 5. The molecule has 6 nitrogen and oxygen atoms in total. The fourth-order valence-corrected chi connectivity index (χ4v) is 7.51. The lowest BCUT2D eigenvalue weighted by Gasteiger charge is -2.50. The summed E-state index contributed by atoms with van der Waals surface area (Å²) < 4.78 is 73.6. The van der Waals surface area contributed by atoms with Crippen LogP contribution in [0, 0.1) is 17.8 Å². The minimum Gasteiger partial charge on any atom is -0.334 e. The van der Waals surface area contributed by atoms with Crippen LogP contribution in [0.1, 0.15) is 87.2 Å². The van der Waals surface area contributed by atoms with Crippen LogP contribution in [0.15, 0.2) is 47.1 Å². The van der Waals surface area contributed by atoms with Gasteiger partial charge in [-0.05, 0) is 80.7 Å². The average Bonchev–Trinajstić information content (AvgIpc) is 3.71. The number of fused-ring (bicyclic) bond motifs is 2. The van der Waals surface area contributed by atoms with E-state index in [9.17, 15) is 26.7 Å². The Kier molecular flexibility index (Phi) is 6.85. The molecule has 0 radical (unpaired) electrons. The van der Waals surface area contributed by atoms with Crippen molar-refractivity contribution in [1.82, 2.24) is 15.1 Å². The van der Waals surface area contributed by atoms with Gasteiger partial charge in [-0.2, -0.15) is 18.2 Å². The van der Waals surface area contributed by atoms with Crippen LogP contribution in [-0.4, -0.2) is 33.5 Å². The number of pyridine rings is 1. The predicted octanol–water partition coefficient (Wildman–Crippen LogP) is 7.94. The smallest absolute Gasteiger partial charge is 0.334 e. The summed E-state index contributed by atoms with van der Waals surface area (Å²) in [5.41, 5.74) is 0.632. The number of benzene rings is 1. The Bertz CT molecular complexity index is 1510. The number of alkyl halides is 5. The SMILES string of the molecule is O=C(C1CC(F)(F)C1)N(CC1CCC2(c3cc(C(F)(F)F)ccn3)CCCC1C2)c1cccc(-c2nc(C3CC3)no2)c1. The molecule has 7 rings (SSSR count). The molecule has 3 atom stereocenters. The summed E-state index contributed by atoms with van der Waals surface area (Å²) in [5, 5.41) is 4.09. The summed E-state index contributed by atoms with van der Waals surface area (Å²) >= 11 is 0. The fraction of sp³-hybridized carbons (Fsp3) is 0.562. The molecular formula is C32H33F5N4O2. The van der Waals surface area contributed by atoms with Crippen LogP contribution in [0.2, 0.25) is 0 Å². The number of hydrogen-bond donors (Lipinski definition) is 0. The van der Waals surface area contributed by atoms with Gasteiger partial charge in [0.15, 0.2) is 5.82 Å². The van der Waals surface area contributed by atoms with E-state index in [0.717, 1.165) is 38.2 Å². The molecule has 2 aromatic heterocycles. The summed E-state index contributed by atoms with van der Waals surface area (Å²) in [5.74, 6) is -2.30. The van der Waals surface area contributed by atoms with Crippen molar-refractivity contribution in [2.45, 2.75) is 87.6 Å². The highest BCUT2D eigenvalue weighted by Crippen LogP contribution is 2.53. The number of aromatic nitrogens is 3. The van der Waals surface area contributed by atoms with Crippen LogP contribution >= 0.6 is 0 Å². The van der Waals surface area contributed by atoms with Gasteiger partial charge in [0.1, 0.15) is 0 Å². The summed E-state index contributed by atoms with van der Waals surface area (Å²) in [6.07, 6.45) is 2.56. The van der Waals surface area contributed by atoms with Gasteiger partial charge in [-0.25, -0.2) is 8.78 Å². The van der Waals surface area contributed by atoms with Gasteiger partial charge in [-0.1, -0.05) is 24.1 Å². The molecule has 43 heavy (non-hydrogen) atoms. The quantitative estimate of drug-likeness (QED) is 0.258. The van der Waals surface area contributed by atoms with Crippen LogP contribution < -0.4 is 4.90 Å². The third kappa shape index (κ3) is 5.55. The molecule has 4 aliphatic carbocycles. The topological polar surface area (TPSA) is 72.1 Å². The maximum absolute atomic E-state index is 13.8. The molecule has 2 bridgehead atoms. The van der Waals surface area contributed by atoms with Crippen molar-refractivity contribution >= 4 is 11.6 Å². The number of nitrogens with zero attached hydrogens (tertiary/aromatic N) is 4. The van der Waals surface area contributed by atoms with Gasteiger partial charge in [0.05, 0.1) is 5.56 Å². The molecule has 1 amide bonds. The zero-order valence-corrected chi connectivity index (χ0v) is 23.6. The van der Waals surface area contributed by atoms with E-state index in [-0.39, 0.29) is 17.7 Å². The van der Waals surface area contributed by atoms with Crippen LogP contribution in [0.25, 0.3) is 11.5 Å². The fourth-order valence-electron chi connectivity index (χ4n) is 7.51. The molecule has 228 valence electrons. The second-order valence-electron chi connectivity index (χ2n) is 13.1. The summed E-state index contributed by atoms with van der Waals surface area (Å²) in [4.78, 5) is 24.3. The first kappa shape index (κ1) is 28.4. The Balaban J connectivity index is 1.15. The third-order valence-corrected chi connectivity index (χ3v) is 10.1. The molecular weight excluding hydrogens is 567 g/mol. The lowest BCUT2D eigenvalue weighted by molar-refractivity contribution is -0.148. The van der Waals surface area contributed by atoms with E-state index in [1.54, 1.807) is 23.1 Å². The molecule has 3 unspecified atom stereocenters. The first-order valence-corrected chi connectivity index (χ1v) is 15.2. The second kappa shape index (κ2) is 10.4. The lowest BCUT2D eigenvalue weighted by Crippen LogP contribution is -2.50. The van der Waals surface area contributed by atoms with Gasteiger partial charge in [0.25, 0.3) is 5.89 Å². The maximum Gasteiger partial charge on any atom is 0.416 e. The van der Waals surface area contributed by atoms with Crippen LogP contribution in [0.4, 0.5) is 27.6 Å². The maximum atomic E-state index is 13.8. The third-order valence-electron chi connectivity index (χ3n) is 10.1. The Morgan fingerprint density at radius 3 is 2.58 bits per heavy atom. The largest absolute Gasteiger partial charge is 0.416 e. The molecule has 4 saturated carbocycles. The number of rotatable bonds is 7. The van der Waals surface area contributed by atoms with E-state index in [2.05, 4.69) is 15.1 Å².